The smallest absolute Gasteiger partial charge is 0.306 e. The van der Waals surface area contributed by atoms with Crippen LogP contribution in [0, 0.1) is 0 Å². The Hall–Kier alpha value is -3.41. The zero-order chi connectivity index (χ0) is 55.0. The van der Waals surface area contributed by atoms with Crippen molar-refractivity contribution in [1.29, 1.82) is 0 Å². The van der Waals surface area contributed by atoms with Crippen LogP contribution in [-0.4, -0.2) is 37.2 Å². The van der Waals surface area contributed by atoms with Gasteiger partial charge in [-0.25, -0.2) is 0 Å². The van der Waals surface area contributed by atoms with E-state index in [0.29, 0.717) is 19.3 Å². The van der Waals surface area contributed by atoms with Gasteiger partial charge in [-0.1, -0.05) is 305 Å². The number of ether oxygens (including phenoxy) is 3. The molecule has 0 spiro atoms. The van der Waals surface area contributed by atoms with Crippen LogP contribution in [0.3, 0.4) is 0 Å². The van der Waals surface area contributed by atoms with E-state index in [1.54, 1.807) is 0 Å². The number of carbonyl (C=O) groups is 3. The summed E-state index contributed by atoms with van der Waals surface area (Å²) in [5.74, 6) is -0.978. The lowest BCUT2D eigenvalue weighted by Gasteiger charge is -2.18. The number of allylic oxidation sites excluding steroid dienone is 14. The molecule has 0 saturated carbocycles. The van der Waals surface area contributed by atoms with Crippen molar-refractivity contribution in [3.63, 3.8) is 0 Å². The molecule has 76 heavy (non-hydrogen) atoms. The first-order chi connectivity index (χ1) is 37.5. The topological polar surface area (TPSA) is 78.9 Å². The van der Waals surface area contributed by atoms with Crippen LogP contribution in [0.25, 0.3) is 0 Å². The molecule has 0 aliphatic carbocycles. The number of hydrogen-bond donors (Lipinski definition) is 0. The first-order valence-electron chi connectivity index (χ1n) is 32.6. The summed E-state index contributed by atoms with van der Waals surface area (Å²) in [5, 5.41) is 0. The summed E-state index contributed by atoms with van der Waals surface area (Å²) in [6, 6.07) is 0. The molecule has 0 fully saturated rings. The number of carbonyl (C=O) groups excluding carboxylic acids is 3. The van der Waals surface area contributed by atoms with Crippen molar-refractivity contribution >= 4 is 17.9 Å². The number of rotatable bonds is 59. The van der Waals surface area contributed by atoms with Gasteiger partial charge in [-0.15, -0.1) is 0 Å². The second-order valence-electron chi connectivity index (χ2n) is 21.6. The van der Waals surface area contributed by atoms with E-state index in [0.717, 1.165) is 83.5 Å². The van der Waals surface area contributed by atoms with Gasteiger partial charge in [0.2, 0.25) is 0 Å². The van der Waals surface area contributed by atoms with Gasteiger partial charge in [0.1, 0.15) is 13.2 Å². The molecule has 0 heterocycles. The van der Waals surface area contributed by atoms with Crippen LogP contribution >= 0.6 is 0 Å². The highest BCUT2D eigenvalue weighted by atomic mass is 16.6. The Balaban J connectivity index is 4.35. The van der Waals surface area contributed by atoms with Crippen molar-refractivity contribution < 1.29 is 28.6 Å². The van der Waals surface area contributed by atoms with E-state index < -0.39 is 6.10 Å². The van der Waals surface area contributed by atoms with Gasteiger partial charge < -0.3 is 14.2 Å². The Morgan fingerprint density at radius 2 is 0.539 bits per heavy atom. The van der Waals surface area contributed by atoms with Gasteiger partial charge >= 0.3 is 17.9 Å². The predicted octanol–water partition coefficient (Wildman–Crippen LogP) is 22.3. The standard InChI is InChI=1S/C70H122O6/c1-4-7-10-13-16-19-22-25-27-29-31-33-35-37-38-40-42-45-48-51-54-57-60-63-69(72)75-66-67(65-74-68(71)62-59-56-53-50-47-44-24-21-18-15-12-9-6-3)76-70(73)64-61-58-55-52-49-46-43-41-39-36-34-32-30-28-26-23-20-17-14-11-8-5-2/h9,12,18,21-22,25,29,31,35,37,44,47,53,56,67H,4-8,10-11,13-17,19-20,23-24,26-28,30,32-34,36,38-43,45-46,48-52,54-55,57-66H2,1-3H3/b12-9-,21-18-,25-22-,31-29-,37-35-,47-44-,56-53-. The summed E-state index contributed by atoms with van der Waals surface area (Å²) >= 11 is 0. The molecular formula is C70H122O6. The molecule has 0 aliphatic heterocycles. The van der Waals surface area contributed by atoms with Crippen molar-refractivity contribution in [2.75, 3.05) is 13.2 Å². The Kier molecular flexibility index (Phi) is 61.2. The van der Waals surface area contributed by atoms with Crippen molar-refractivity contribution in [1.82, 2.24) is 0 Å². The summed E-state index contributed by atoms with van der Waals surface area (Å²) in [7, 11) is 0. The van der Waals surface area contributed by atoms with Crippen molar-refractivity contribution in [3.8, 4) is 0 Å². The Morgan fingerprint density at radius 1 is 0.276 bits per heavy atom. The molecule has 0 aromatic heterocycles. The third-order valence-electron chi connectivity index (χ3n) is 14.1. The van der Waals surface area contributed by atoms with Crippen LogP contribution < -0.4 is 0 Å². The van der Waals surface area contributed by atoms with Gasteiger partial charge in [-0.2, -0.15) is 0 Å². The van der Waals surface area contributed by atoms with Gasteiger partial charge in [0, 0.05) is 19.3 Å². The Labute approximate surface area is 471 Å². The average Bonchev–Trinajstić information content (AvgIpc) is 3.42. The van der Waals surface area contributed by atoms with Gasteiger partial charge in [0.15, 0.2) is 6.10 Å². The molecule has 0 aromatic rings. The van der Waals surface area contributed by atoms with E-state index in [1.165, 1.54) is 193 Å². The summed E-state index contributed by atoms with van der Waals surface area (Å²) in [6.07, 6.45) is 84.7. The van der Waals surface area contributed by atoms with Crippen molar-refractivity contribution in [2.45, 2.75) is 329 Å². The largest absolute Gasteiger partial charge is 0.462 e. The minimum Gasteiger partial charge on any atom is -0.462 e. The van der Waals surface area contributed by atoms with Crippen LogP contribution in [0.4, 0.5) is 0 Å². The van der Waals surface area contributed by atoms with Crippen molar-refractivity contribution in [3.05, 3.63) is 85.1 Å². The van der Waals surface area contributed by atoms with Gasteiger partial charge in [0.05, 0.1) is 0 Å². The maximum Gasteiger partial charge on any atom is 0.306 e. The van der Waals surface area contributed by atoms with E-state index in [9.17, 15) is 14.4 Å². The van der Waals surface area contributed by atoms with E-state index in [-0.39, 0.29) is 37.5 Å². The van der Waals surface area contributed by atoms with Crippen LogP contribution in [0.15, 0.2) is 85.1 Å². The van der Waals surface area contributed by atoms with E-state index >= 15 is 0 Å². The lowest BCUT2D eigenvalue weighted by atomic mass is 10.0. The van der Waals surface area contributed by atoms with Gasteiger partial charge in [-0.3, -0.25) is 14.4 Å². The molecule has 438 valence electrons. The number of unbranched alkanes of at least 4 members (excludes halogenated alkanes) is 34. The average molecular weight is 1060 g/mol. The van der Waals surface area contributed by atoms with Crippen LogP contribution in [0.2, 0.25) is 0 Å². The van der Waals surface area contributed by atoms with Crippen LogP contribution in [0.5, 0.6) is 0 Å². The Bertz CT molecular complexity index is 1450. The van der Waals surface area contributed by atoms with Gasteiger partial charge in [0.25, 0.3) is 0 Å². The first kappa shape index (κ1) is 72.6. The summed E-state index contributed by atoms with van der Waals surface area (Å²) in [4.78, 5) is 38.3. The predicted molar refractivity (Wildman–Crippen MR) is 330 cm³/mol. The third kappa shape index (κ3) is 61.4. The second kappa shape index (κ2) is 64.1. The fourth-order valence-corrected chi connectivity index (χ4v) is 9.29. The molecule has 0 radical (unpaired) electrons. The summed E-state index contributed by atoms with van der Waals surface area (Å²) < 4.78 is 16.9. The SMILES string of the molecule is CC/C=C\C/C=C\C/C=C\C/C=C\CCC(=O)OCC(COC(=O)CCCCCCCCCC/C=C\C/C=C\C/C=C\CCCCCCC)OC(=O)CCCCCCCCCCCCCCCCCCCCCCCC. The lowest BCUT2D eigenvalue weighted by molar-refractivity contribution is -0.166. The molecule has 0 N–H and O–H groups in total. The minimum absolute atomic E-state index is 0.100. The molecule has 1 atom stereocenters. The minimum atomic E-state index is -0.808. The molecule has 0 amide bonds. The maximum atomic E-state index is 12.9. The highest BCUT2D eigenvalue weighted by Gasteiger charge is 2.19. The van der Waals surface area contributed by atoms with Crippen LogP contribution in [0.1, 0.15) is 323 Å². The monoisotopic (exact) mass is 1060 g/mol. The van der Waals surface area contributed by atoms with E-state index in [4.69, 9.17) is 14.2 Å². The molecule has 0 aromatic carbocycles. The Morgan fingerprint density at radius 3 is 0.882 bits per heavy atom. The zero-order valence-electron chi connectivity index (χ0n) is 50.3. The fraction of sp³-hybridized carbons (Fsp3) is 0.757. The number of esters is 3. The molecule has 0 aliphatic rings. The molecular weight excluding hydrogens is 937 g/mol. The highest BCUT2D eigenvalue weighted by Crippen LogP contribution is 2.17. The van der Waals surface area contributed by atoms with E-state index in [2.05, 4.69) is 99.8 Å². The van der Waals surface area contributed by atoms with Crippen molar-refractivity contribution in [2.24, 2.45) is 0 Å². The second-order valence-corrected chi connectivity index (χ2v) is 21.6. The third-order valence-corrected chi connectivity index (χ3v) is 14.1. The van der Waals surface area contributed by atoms with Gasteiger partial charge in [-0.05, 0) is 83.5 Å². The lowest BCUT2D eigenvalue weighted by Crippen LogP contribution is -2.30. The summed E-state index contributed by atoms with van der Waals surface area (Å²) in [5.41, 5.74) is 0. The molecule has 0 rings (SSSR count). The molecule has 1 unspecified atom stereocenters. The quantitative estimate of drug-likeness (QED) is 0.0261. The number of hydrogen-bond acceptors (Lipinski definition) is 6. The van der Waals surface area contributed by atoms with E-state index in [1.807, 2.05) is 6.08 Å². The summed E-state index contributed by atoms with van der Waals surface area (Å²) in [6.45, 7) is 6.48. The highest BCUT2D eigenvalue weighted by molar-refractivity contribution is 5.71. The van der Waals surface area contributed by atoms with Crippen LogP contribution in [-0.2, 0) is 28.6 Å². The first-order valence-corrected chi connectivity index (χ1v) is 32.6. The molecule has 0 saturated heterocycles. The fourth-order valence-electron chi connectivity index (χ4n) is 9.29. The molecule has 6 heteroatoms. The maximum absolute atomic E-state index is 12.9. The molecule has 0 bridgehead atoms. The molecule has 6 nitrogen and oxygen atoms in total. The zero-order valence-corrected chi connectivity index (χ0v) is 50.3. The normalized spacial score (nSPS) is 12.6.